The third-order valence-corrected chi connectivity index (χ3v) is 3.45. The number of nitrogens with two attached hydrogens (primary N) is 1. The van der Waals surface area contributed by atoms with Crippen molar-refractivity contribution in [3.63, 3.8) is 0 Å². The van der Waals surface area contributed by atoms with Crippen LogP contribution in [0.2, 0.25) is 0 Å². The van der Waals surface area contributed by atoms with E-state index in [2.05, 4.69) is 9.97 Å². The predicted molar refractivity (Wildman–Crippen MR) is 68.5 cm³/mol. The molecule has 2 aromatic rings. The first-order chi connectivity index (χ1) is 8.34. The van der Waals surface area contributed by atoms with Gasteiger partial charge in [-0.25, -0.2) is 9.97 Å². The average Bonchev–Trinajstić information content (AvgIpc) is 2.29. The number of nitrogen functional groups attached to an aromatic ring is 1. The molecule has 1 aromatic heterocycles. The highest BCUT2D eigenvalue weighted by Crippen LogP contribution is 2.35. The van der Waals surface area contributed by atoms with Gasteiger partial charge in [-0.05, 0) is 36.5 Å². The van der Waals surface area contributed by atoms with Crippen molar-refractivity contribution in [2.24, 2.45) is 0 Å². The largest absolute Gasteiger partial charge is 0.398 e. The van der Waals surface area contributed by atoms with Crippen LogP contribution in [0.1, 0.15) is 30.7 Å². The van der Waals surface area contributed by atoms with Crippen molar-refractivity contribution >= 4 is 5.69 Å². The van der Waals surface area contributed by atoms with Crippen LogP contribution in [0, 0.1) is 0 Å². The molecule has 1 fully saturated rings. The van der Waals surface area contributed by atoms with Crippen molar-refractivity contribution in [1.82, 2.24) is 9.97 Å². The Labute approximate surface area is 101 Å². The number of rotatable bonds is 2. The molecule has 3 heteroatoms. The fourth-order valence-electron chi connectivity index (χ4n) is 2.13. The molecule has 0 aliphatic heterocycles. The number of nitrogens with zero attached hydrogens (tertiary/aromatic N) is 2. The number of hydrogen-bond acceptors (Lipinski definition) is 3. The molecule has 0 saturated heterocycles. The maximum Gasteiger partial charge on any atom is 0.161 e. The molecule has 1 aliphatic carbocycles. The SMILES string of the molecule is Nc1ccccc1-c1ncc(C2CCC2)cn1. The van der Waals surface area contributed by atoms with E-state index in [-0.39, 0.29) is 0 Å². The Morgan fingerprint density at radius 2 is 1.76 bits per heavy atom. The van der Waals surface area contributed by atoms with Gasteiger partial charge in [0.2, 0.25) is 0 Å². The summed E-state index contributed by atoms with van der Waals surface area (Å²) in [7, 11) is 0. The van der Waals surface area contributed by atoms with E-state index < -0.39 is 0 Å². The van der Waals surface area contributed by atoms with Crippen LogP contribution in [-0.4, -0.2) is 9.97 Å². The first-order valence-corrected chi connectivity index (χ1v) is 6.01. The molecule has 0 spiro atoms. The minimum absolute atomic E-state index is 0.678. The van der Waals surface area contributed by atoms with Gasteiger partial charge in [-0.3, -0.25) is 0 Å². The monoisotopic (exact) mass is 225 g/mol. The van der Waals surface area contributed by atoms with Crippen LogP contribution in [0.5, 0.6) is 0 Å². The van der Waals surface area contributed by atoms with E-state index in [0.29, 0.717) is 11.7 Å². The van der Waals surface area contributed by atoms with Crippen LogP contribution >= 0.6 is 0 Å². The maximum absolute atomic E-state index is 5.91. The molecule has 86 valence electrons. The summed E-state index contributed by atoms with van der Waals surface area (Å²) in [5.41, 5.74) is 8.80. The molecule has 1 heterocycles. The third-order valence-electron chi connectivity index (χ3n) is 3.45. The van der Waals surface area contributed by atoms with E-state index in [1.807, 2.05) is 36.7 Å². The molecule has 17 heavy (non-hydrogen) atoms. The molecule has 0 unspecified atom stereocenters. The topological polar surface area (TPSA) is 51.8 Å². The van der Waals surface area contributed by atoms with Crippen LogP contribution in [0.3, 0.4) is 0 Å². The van der Waals surface area contributed by atoms with Gasteiger partial charge in [0.1, 0.15) is 0 Å². The summed E-state index contributed by atoms with van der Waals surface area (Å²) in [6.07, 6.45) is 7.77. The van der Waals surface area contributed by atoms with Crippen molar-refractivity contribution in [3.05, 3.63) is 42.2 Å². The summed E-state index contributed by atoms with van der Waals surface area (Å²) in [5.74, 6) is 1.39. The van der Waals surface area contributed by atoms with Crippen molar-refractivity contribution in [3.8, 4) is 11.4 Å². The first kappa shape index (κ1) is 10.3. The van der Waals surface area contributed by atoms with Crippen molar-refractivity contribution in [1.29, 1.82) is 0 Å². The lowest BCUT2D eigenvalue weighted by atomic mass is 9.81. The van der Waals surface area contributed by atoms with Crippen molar-refractivity contribution < 1.29 is 0 Å². The molecule has 2 N–H and O–H groups in total. The Morgan fingerprint density at radius 3 is 2.35 bits per heavy atom. The van der Waals surface area contributed by atoms with E-state index in [1.165, 1.54) is 24.8 Å². The van der Waals surface area contributed by atoms with Crippen LogP contribution in [0.25, 0.3) is 11.4 Å². The van der Waals surface area contributed by atoms with Gasteiger partial charge in [0.15, 0.2) is 5.82 Å². The van der Waals surface area contributed by atoms with Crippen LogP contribution in [0.15, 0.2) is 36.7 Å². The van der Waals surface area contributed by atoms with E-state index >= 15 is 0 Å². The number of para-hydroxylation sites is 1. The van der Waals surface area contributed by atoms with E-state index in [0.717, 1.165) is 11.3 Å². The Kier molecular flexibility index (Phi) is 2.52. The van der Waals surface area contributed by atoms with Gasteiger partial charge in [-0.1, -0.05) is 18.6 Å². The molecule has 1 saturated carbocycles. The van der Waals surface area contributed by atoms with Crippen LogP contribution < -0.4 is 5.73 Å². The number of benzene rings is 1. The highest BCUT2D eigenvalue weighted by Gasteiger charge is 2.20. The summed E-state index contributed by atoms with van der Waals surface area (Å²) in [6.45, 7) is 0. The highest BCUT2D eigenvalue weighted by molar-refractivity contribution is 5.70. The molecule has 1 aliphatic rings. The van der Waals surface area contributed by atoms with Crippen molar-refractivity contribution in [2.75, 3.05) is 5.73 Å². The maximum atomic E-state index is 5.91. The van der Waals surface area contributed by atoms with Gasteiger partial charge >= 0.3 is 0 Å². The minimum atomic E-state index is 0.678. The summed E-state index contributed by atoms with van der Waals surface area (Å²) in [6, 6.07) is 7.70. The van der Waals surface area contributed by atoms with Crippen molar-refractivity contribution in [2.45, 2.75) is 25.2 Å². The van der Waals surface area contributed by atoms with Gasteiger partial charge in [0.25, 0.3) is 0 Å². The Balaban J connectivity index is 1.91. The fraction of sp³-hybridized carbons (Fsp3) is 0.286. The lowest BCUT2D eigenvalue weighted by Crippen LogP contribution is -2.09. The molecular formula is C14H15N3. The third kappa shape index (κ3) is 1.88. The Hall–Kier alpha value is -1.90. The molecule has 0 atom stereocenters. The zero-order valence-corrected chi connectivity index (χ0v) is 9.63. The zero-order valence-electron chi connectivity index (χ0n) is 9.63. The van der Waals surface area contributed by atoms with Gasteiger partial charge in [-0.15, -0.1) is 0 Å². The normalized spacial score (nSPS) is 15.5. The lowest BCUT2D eigenvalue weighted by Gasteiger charge is -2.24. The lowest BCUT2D eigenvalue weighted by molar-refractivity contribution is 0.418. The quantitative estimate of drug-likeness (QED) is 0.799. The average molecular weight is 225 g/mol. The molecule has 3 rings (SSSR count). The number of anilines is 1. The van der Waals surface area contributed by atoms with Gasteiger partial charge in [-0.2, -0.15) is 0 Å². The second-order valence-electron chi connectivity index (χ2n) is 4.56. The molecule has 3 nitrogen and oxygen atoms in total. The molecule has 0 amide bonds. The predicted octanol–water partition coefficient (Wildman–Crippen LogP) is 2.99. The molecule has 0 radical (unpaired) electrons. The van der Waals surface area contributed by atoms with Crippen LogP contribution in [0.4, 0.5) is 5.69 Å². The zero-order chi connectivity index (χ0) is 11.7. The Bertz CT molecular complexity index is 515. The second-order valence-corrected chi connectivity index (χ2v) is 4.56. The number of hydrogen-bond donors (Lipinski definition) is 1. The van der Waals surface area contributed by atoms with Gasteiger partial charge in [0, 0.05) is 23.6 Å². The first-order valence-electron chi connectivity index (χ1n) is 6.01. The standard InChI is InChI=1S/C14H15N3/c15-13-7-2-1-6-12(13)14-16-8-11(9-17-14)10-4-3-5-10/h1-2,6-10H,3-5,15H2. The van der Waals surface area contributed by atoms with Crippen LogP contribution in [-0.2, 0) is 0 Å². The fourth-order valence-corrected chi connectivity index (χ4v) is 2.13. The van der Waals surface area contributed by atoms with Gasteiger partial charge in [0.05, 0.1) is 0 Å². The summed E-state index contributed by atoms with van der Waals surface area (Å²) in [5, 5.41) is 0. The summed E-state index contributed by atoms with van der Waals surface area (Å²) >= 11 is 0. The highest BCUT2D eigenvalue weighted by atomic mass is 14.9. The van der Waals surface area contributed by atoms with E-state index in [9.17, 15) is 0 Å². The molecule has 1 aromatic carbocycles. The second kappa shape index (κ2) is 4.17. The van der Waals surface area contributed by atoms with Gasteiger partial charge < -0.3 is 5.73 Å². The summed E-state index contributed by atoms with van der Waals surface area (Å²) in [4.78, 5) is 8.84. The summed E-state index contributed by atoms with van der Waals surface area (Å²) < 4.78 is 0. The Morgan fingerprint density at radius 1 is 1.06 bits per heavy atom. The smallest absolute Gasteiger partial charge is 0.161 e. The molecule has 0 bridgehead atoms. The van der Waals surface area contributed by atoms with E-state index in [1.54, 1.807) is 0 Å². The molecular weight excluding hydrogens is 210 g/mol. The minimum Gasteiger partial charge on any atom is -0.398 e. The number of aromatic nitrogens is 2. The van der Waals surface area contributed by atoms with E-state index in [4.69, 9.17) is 5.73 Å².